The van der Waals surface area contributed by atoms with Crippen LogP contribution in [0.4, 0.5) is 0 Å². The molecule has 0 spiro atoms. The van der Waals surface area contributed by atoms with Gasteiger partial charge < -0.3 is 19.4 Å². The van der Waals surface area contributed by atoms with Gasteiger partial charge in [0, 0.05) is 18.2 Å². The Labute approximate surface area is 172 Å². The quantitative estimate of drug-likeness (QED) is 0.696. The number of aromatic amines is 1. The highest BCUT2D eigenvalue weighted by Gasteiger charge is 2.32. The highest BCUT2D eigenvalue weighted by Crippen LogP contribution is 2.38. The number of ether oxygens (including phenoxy) is 2. The smallest absolute Gasteiger partial charge is 0.329 e. The van der Waals surface area contributed by atoms with Crippen molar-refractivity contribution in [1.29, 1.82) is 0 Å². The number of amides is 1. The van der Waals surface area contributed by atoms with Crippen LogP contribution in [-0.2, 0) is 11.3 Å². The Hall–Kier alpha value is -3.55. The molecule has 1 amide bonds. The number of carbonyl (C=O) groups excluding carboxylic acids is 1. The van der Waals surface area contributed by atoms with E-state index in [2.05, 4.69) is 4.98 Å². The first-order valence-corrected chi connectivity index (χ1v) is 9.76. The van der Waals surface area contributed by atoms with Gasteiger partial charge in [-0.15, -0.1) is 0 Å². The molecule has 0 aliphatic carbocycles. The van der Waals surface area contributed by atoms with E-state index in [4.69, 9.17) is 9.47 Å². The third-order valence-electron chi connectivity index (χ3n) is 5.56. The van der Waals surface area contributed by atoms with Crippen LogP contribution in [0.25, 0.3) is 10.9 Å². The number of carbonyl (C=O) groups is 1. The third-order valence-corrected chi connectivity index (χ3v) is 5.56. The maximum Gasteiger partial charge on any atom is 0.329 e. The van der Waals surface area contributed by atoms with E-state index in [9.17, 15) is 14.4 Å². The van der Waals surface area contributed by atoms with Crippen molar-refractivity contribution in [3.8, 4) is 11.5 Å². The molecule has 1 atom stereocenters. The molecule has 3 aromatic rings. The molecule has 1 aliphatic rings. The normalized spacial score (nSPS) is 16.1. The van der Waals surface area contributed by atoms with Gasteiger partial charge in [0.2, 0.25) is 5.91 Å². The van der Waals surface area contributed by atoms with E-state index in [0.717, 1.165) is 23.0 Å². The standard InChI is InChI=1S/C22H23N3O5/c1-29-14-9-10-16(19(12-14)30-2)18-8-5-11-24(18)20(26)13-25-21(27)15-6-3-4-7-17(15)23-22(25)28/h3-4,6-7,9-10,12,18H,5,8,11,13H2,1-2H3,(H,23,28). The fourth-order valence-electron chi connectivity index (χ4n) is 4.05. The summed E-state index contributed by atoms with van der Waals surface area (Å²) in [5.74, 6) is 1.03. The van der Waals surface area contributed by atoms with Gasteiger partial charge in [-0.05, 0) is 37.1 Å². The van der Waals surface area contributed by atoms with Gasteiger partial charge in [-0.1, -0.05) is 12.1 Å². The van der Waals surface area contributed by atoms with E-state index in [1.807, 2.05) is 12.1 Å². The van der Waals surface area contributed by atoms with Crippen molar-refractivity contribution in [3.63, 3.8) is 0 Å². The first kappa shape index (κ1) is 19.8. The number of para-hydroxylation sites is 1. The Morgan fingerprint density at radius 2 is 1.93 bits per heavy atom. The van der Waals surface area contributed by atoms with Gasteiger partial charge in [-0.2, -0.15) is 0 Å². The molecular weight excluding hydrogens is 386 g/mol. The molecule has 0 saturated carbocycles. The second-order valence-corrected chi connectivity index (χ2v) is 7.22. The van der Waals surface area contributed by atoms with E-state index >= 15 is 0 Å². The SMILES string of the molecule is COc1ccc(C2CCCN2C(=O)Cn2c(=O)[nH]c3ccccc3c2=O)c(OC)c1. The van der Waals surface area contributed by atoms with Crippen LogP contribution in [0.1, 0.15) is 24.4 Å². The lowest BCUT2D eigenvalue weighted by molar-refractivity contribution is -0.132. The molecule has 1 aromatic heterocycles. The molecule has 2 heterocycles. The summed E-state index contributed by atoms with van der Waals surface area (Å²) in [4.78, 5) is 42.7. The van der Waals surface area contributed by atoms with Gasteiger partial charge in [-0.25, -0.2) is 4.79 Å². The summed E-state index contributed by atoms with van der Waals surface area (Å²) < 4.78 is 11.7. The Morgan fingerprint density at radius 3 is 2.70 bits per heavy atom. The maximum atomic E-state index is 13.1. The number of aromatic nitrogens is 2. The topological polar surface area (TPSA) is 93.6 Å². The minimum absolute atomic E-state index is 0.186. The maximum absolute atomic E-state index is 13.1. The van der Waals surface area contributed by atoms with Crippen LogP contribution in [-0.4, -0.2) is 41.1 Å². The van der Waals surface area contributed by atoms with Crippen molar-refractivity contribution in [2.45, 2.75) is 25.4 Å². The molecule has 1 N–H and O–H groups in total. The van der Waals surface area contributed by atoms with E-state index in [1.165, 1.54) is 0 Å². The number of rotatable bonds is 5. The average molecular weight is 409 g/mol. The number of hydrogen-bond acceptors (Lipinski definition) is 5. The number of fused-ring (bicyclic) bond motifs is 1. The van der Waals surface area contributed by atoms with Crippen molar-refractivity contribution in [2.75, 3.05) is 20.8 Å². The van der Waals surface area contributed by atoms with Gasteiger partial charge in [-0.3, -0.25) is 14.2 Å². The predicted molar refractivity (Wildman–Crippen MR) is 112 cm³/mol. The minimum atomic E-state index is -0.593. The van der Waals surface area contributed by atoms with Gasteiger partial charge in [0.05, 0.1) is 31.2 Å². The molecule has 1 aliphatic heterocycles. The first-order valence-electron chi connectivity index (χ1n) is 9.76. The van der Waals surface area contributed by atoms with E-state index in [1.54, 1.807) is 49.5 Å². The molecule has 1 fully saturated rings. The Bertz CT molecular complexity index is 1210. The van der Waals surface area contributed by atoms with Crippen molar-refractivity contribution in [3.05, 3.63) is 68.9 Å². The molecule has 1 saturated heterocycles. The van der Waals surface area contributed by atoms with Crippen molar-refractivity contribution >= 4 is 16.8 Å². The van der Waals surface area contributed by atoms with Crippen LogP contribution in [0.2, 0.25) is 0 Å². The minimum Gasteiger partial charge on any atom is -0.497 e. The van der Waals surface area contributed by atoms with Crippen molar-refractivity contribution < 1.29 is 14.3 Å². The zero-order valence-electron chi connectivity index (χ0n) is 16.9. The molecule has 2 aromatic carbocycles. The summed E-state index contributed by atoms with van der Waals surface area (Å²) >= 11 is 0. The van der Waals surface area contributed by atoms with Crippen LogP contribution < -0.4 is 20.7 Å². The second-order valence-electron chi connectivity index (χ2n) is 7.22. The number of nitrogens with zero attached hydrogens (tertiary/aromatic N) is 2. The van der Waals surface area contributed by atoms with Crippen molar-refractivity contribution in [2.24, 2.45) is 0 Å². The molecule has 30 heavy (non-hydrogen) atoms. The molecule has 1 unspecified atom stereocenters. The highest BCUT2D eigenvalue weighted by atomic mass is 16.5. The van der Waals surface area contributed by atoms with Gasteiger partial charge in [0.1, 0.15) is 18.0 Å². The highest BCUT2D eigenvalue weighted by molar-refractivity contribution is 5.79. The lowest BCUT2D eigenvalue weighted by Gasteiger charge is -2.26. The van der Waals surface area contributed by atoms with Crippen LogP contribution in [0.5, 0.6) is 11.5 Å². The fourth-order valence-corrected chi connectivity index (χ4v) is 4.05. The van der Waals surface area contributed by atoms with Crippen molar-refractivity contribution in [1.82, 2.24) is 14.5 Å². The molecule has 8 heteroatoms. The summed E-state index contributed by atoms with van der Waals surface area (Å²) in [6.07, 6.45) is 1.60. The number of methoxy groups -OCH3 is 2. The second kappa shape index (κ2) is 8.06. The number of likely N-dealkylation sites (tertiary alicyclic amines) is 1. The molecule has 8 nitrogen and oxygen atoms in total. The van der Waals surface area contributed by atoms with Crippen LogP contribution in [0.3, 0.4) is 0 Å². The van der Waals surface area contributed by atoms with Crippen LogP contribution >= 0.6 is 0 Å². The average Bonchev–Trinajstić information content (AvgIpc) is 3.25. The molecule has 0 bridgehead atoms. The fraction of sp³-hybridized carbons (Fsp3) is 0.318. The zero-order chi connectivity index (χ0) is 21.3. The van der Waals surface area contributed by atoms with Gasteiger partial charge >= 0.3 is 5.69 Å². The summed E-state index contributed by atoms with van der Waals surface area (Å²) in [6.45, 7) is 0.243. The summed E-state index contributed by atoms with van der Waals surface area (Å²) in [7, 11) is 3.16. The predicted octanol–water partition coefficient (Wildman–Crippen LogP) is 2.07. The number of nitrogens with one attached hydrogen (secondary N) is 1. The van der Waals surface area contributed by atoms with E-state index in [-0.39, 0.29) is 18.5 Å². The van der Waals surface area contributed by atoms with E-state index in [0.29, 0.717) is 28.9 Å². The molecular formula is C22H23N3O5. The number of benzene rings is 2. The third kappa shape index (κ3) is 3.45. The first-order chi connectivity index (χ1) is 14.5. The Kier molecular flexibility index (Phi) is 5.31. The molecule has 156 valence electrons. The number of H-pyrrole nitrogens is 1. The van der Waals surface area contributed by atoms with Gasteiger partial charge in [0.25, 0.3) is 5.56 Å². The lowest BCUT2D eigenvalue weighted by atomic mass is 10.0. The summed E-state index contributed by atoms with van der Waals surface area (Å²) in [5.41, 5.74) is 0.271. The van der Waals surface area contributed by atoms with E-state index < -0.39 is 11.2 Å². The monoisotopic (exact) mass is 409 g/mol. The largest absolute Gasteiger partial charge is 0.497 e. The zero-order valence-corrected chi connectivity index (χ0v) is 16.9. The molecule has 0 radical (unpaired) electrons. The Balaban J connectivity index is 1.65. The molecule has 4 rings (SSSR count). The van der Waals surface area contributed by atoms with Crippen LogP contribution in [0.15, 0.2) is 52.1 Å². The Morgan fingerprint density at radius 1 is 1.13 bits per heavy atom. The summed E-state index contributed by atoms with van der Waals surface area (Å²) in [5, 5.41) is 0.375. The lowest BCUT2D eigenvalue weighted by Crippen LogP contribution is -2.42. The summed E-state index contributed by atoms with van der Waals surface area (Å²) in [6, 6.07) is 12.1. The van der Waals surface area contributed by atoms with Gasteiger partial charge in [0.15, 0.2) is 0 Å². The number of hydrogen-bond donors (Lipinski definition) is 1. The van der Waals surface area contributed by atoms with Crippen LogP contribution in [0, 0.1) is 0 Å².